The Balaban J connectivity index is 1.03. The van der Waals surface area contributed by atoms with Crippen molar-refractivity contribution >= 4 is 0 Å². The second-order valence-electron chi connectivity index (χ2n) is 19.0. The highest BCUT2D eigenvalue weighted by molar-refractivity contribution is 5.51. The van der Waals surface area contributed by atoms with Crippen LogP contribution in [0, 0.1) is 52.8 Å². The minimum atomic E-state index is 0.0514. The van der Waals surface area contributed by atoms with E-state index in [9.17, 15) is 0 Å². The van der Waals surface area contributed by atoms with Crippen molar-refractivity contribution in [1.82, 2.24) is 4.90 Å². The first-order chi connectivity index (χ1) is 26.1. The first kappa shape index (κ1) is 34.2. The molecule has 0 aromatic heterocycles. The molecule has 276 valence electrons. The summed E-state index contributed by atoms with van der Waals surface area (Å²) in [4.78, 5) is 3.01. The molecule has 0 amide bonds. The van der Waals surface area contributed by atoms with E-state index in [2.05, 4.69) is 134 Å². The molecule has 1 nitrogen and oxygen atoms in total. The lowest BCUT2D eigenvalue weighted by atomic mass is 9.58. The van der Waals surface area contributed by atoms with Gasteiger partial charge in [0.15, 0.2) is 0 Å². The summed E-state index contributed by atoms with van der Waals surface area (Å²) in [7, 11) is 0. The van der Waals surface area contributed by atoms with Gasteiger partial charge in [0.1, 0.15) is 0 Å². The number of benzene rings is 1. The summed E-state index contributed by atoms with van der Waals surface area (Å²) in [6, 6.07) is 12.6. The normalized spacial score (nSPS) is 40.6. The van der Waals surface area contributed by atoms with Gasteiger partial charge in [0.2, 0.25) is 0 Å². The fourth-order valence-corrected chi connectivity index (χ4v) is 14.2. The van der Waals surface area contributed by atoms with Gasteiger partial charge in [-0.15, -0.1) is 0 Å². The molecule has 9 aliphatic carbocycles. The molecule has 11 atom stereocenters. The maximum atomic E-state index is 3.01. The fourth-order valence-electron chi connectivity index (χ4n) is 14.2. The number of fused-ring (bicyclic) bond motifs is 5. The molecule has 9 aliphatic rings. The maximum Gasteiger partial charge on any atom is 0.0544 e. The Hall–Kier alpha value is -3.32. The number of hydrogen-bond acceptors (Lipinski definition) is 1. The van der Waals surface area contributed by atoms with Gasteiger partial charge in [-0.1, -0.05) is 135 Å². The number of rotatable bonds is 6. The predicted octanol–water partition coefficient (Wildman–Crippen LogP) is 12.9. The zero-order valence-electron chi connectivity index (χ0n) is 32.6. The van der Waals surface area contributed by atoms with Crippen LogP contribution in [-0.4, -0.2) is 17.0 Å². The van der Waals surface area contributed by atoms with Crippen molar-refractivity contribution in [3.05, 3.63) is 143 Å². The first-order valence-electron chi connectivity index (χ1n) is 22.0. The minimum Gasteiger partial charge on any atom is -0.361 e. The van der Waals surface area contributed by atoms with Crippen LogP contribution < -0.4 is 0 Å². The largest absolute Gasteiger partial charge is 0.361 e. The smallest absolute Gasteiger partial charge is 0.0544 e. The van der Waals surface area contributed by atoms with E-state index in [0.717, 1.165) is 24.2 Å². The quantitative estimate of drug-likeness (QED) is 0.267. The van der Waals surface area contributed by atoms with E-state index in [0.29, 0.717) is 41.7 Å². The second-order valence-corrected chi connectivity index (χ2v) is 19.0. The molecule has 0 spiro atoms. The van der Waals surface area contributed by atoms with Crippen LogP contribution >= 0.6 is 0 Å². The van der Waals surface area contributed by atoms with Crippen LogP contribution in [0.2, 0.25) is 0 Å². The van der Waals surface area contributed by atoms with E-state index in [4.69, 9.17) is 0 Å². The van der Waals surface area contributed by atoms with Crippen LogP contribution in [0.5, 0.6) is 0 Å². The summed E-state index contributed by atoms with van der Waals surface area (Å²) >= 11 is 0. The maximum absolute atomic E-state index is 3.01. The van der Waals surface area contributed by atoms with Crippen molar-refractivity contribution in [3.8, 4) is 0 Å². The molecule has 0 saturated heterocycles. The van der Waals surface area contributed by atoms with E-state index in [-0.39, 0.29) is 10.8 Å². The van der Waals surface area contributed by atoms with Gasteiger partial charge in [-0.05, 0) is 153 Å². The van der Waals surface area contributed by atoms with Crippen molar-refractivity contribution in [1.29, 1.82) is 0 Å². The molecule has 0 heterocycles. The highest BCUT2D eigenvalue weighted by Crippen LogP contribution is 2.65. The molecule has 1 aromatic rings. The molecule has 0 radical (unpaired) electrons. The van der Waals surface area contributed by atoms with Crippen LogP contribution in [0.15, 0.2) is 138 Å². The van der Waals surface area contributed by atoms with Crippen LogP contribution in [0.4, 0.5) is 0 Å². The highest BCUT2D eigenvalue weighted by atomic mass is 15.2. The van der Waals surface area contributed by atoms with Gasteiger partial charge in [-0.3, -0.25) is 0 Å². The lowest BCUT2D eigenvalue weighted by Gasteiger charge is -2.49. The van der Waals surface area contributed by atoms with E-state index in [1.54, 1.807) is 28.0 Å². The van der Waals surface area contributed by atoms with Crippen molar-refractivity contribution in [2.75, 3.05) is 0 Å². The zero-order chi connectivity index (χ0) is 35.6. The Morgan fingerprint density at radius 1 is 0.642 bits per heavy atom. The molecule has 0 bridgehead atoms. The average Bonchev–Trinajstić information content (AvgIpc) is 3.66. The SMILES string of the molecule is CC1(C)C2=C(CCC=C2)C2C(N(C3=CCC(C4CC=CCC4)CC3)C3C=CC(C4(c5ccccc5)C5C=CCCC5C5C=CCCC54)=CC3)C=CCC21. The zero-order valence-corrected chi connectivity index (χ0v) is 32.6. The molecule has 1 heteroatoms. The lowest BCUT2D eigenvalue weighted by molar-refractivity contribution is 0.118. The number of nitrogens with zero attached hydrogens (tertiary/aromatic N) is 1. The number of allylic oxidation sites excluding steroid dienone is 14. The molecule has 53 heavy (non-hydrogen) atoms. The Bertz CT molecular complexity index is 1840. The van der Waals surface area contributed by atoms with E-state index < -0.39 is 0 Å². The van der Waals surface area contributed by atoms with Crippen molar-refractivity contribution in [3.63, 3.8) is 0 Å². The van der Waals surface area contributed by atoms with Crippen molar-refractivity contribution < 1.29 is 0 Å². The monoisotopic (exact) mass is 701 g/mol. The highest BCUT2D eigenvalue weighted by Gasteiger charge is 2.61. The van der Waals surface area contributed by atoms with Gasteiger partial charge in [-0.2, -0.15) is 0 Å². The van der Waals surface area contributed by atoms with E-state index >= 15 is 0 Å². The molecule has 1 fully saturated rings. The van der Waals surface area contributed by atoms with Crippen LogP contribution in [0.3, 0.4) is 0 Å². The minimum absolute atomic E-state index is 0.0514. The third-order valence-electron chi connectivity index (χ3n) is 16.5. The van der Waals surface area contributed by atoms with Crippen LogP contribution in [0.25, 0.3) is 0 Å². The van der Waals surface area contributed by atoms with Crippen LogP contribution in [-0.2, 0) is 5.41 Å². The van der Waals surface area contributed by atoms with Gasteiger partial charge >= 0.3 is 0 Å². The van der Waals surface area contributed by atoms with Gasteiger partial charge < -0.3 is 4.90 Å². The molecule has 0 N–H and O–H groups in total. The summed E-state index contributed by atoms with van der Waals surface area (Å²) < 4.78 is 0. The topological polar surface area (TPSA) is 3.24 Å². The van der Waals surface area contributed by atoms with Gasteiger partial charge in [0, 0.05) is 17.0 Å². The summed E-state index contributed by atoms with van der Waals surface area (Å²) in [6.07, 6.45) is 54.1. The van der Waals surface area contributed by atoms with E-state index in [1.807, 2.05) is 0 Å². The molecular weight excluding hydrogens is 639 g/mol. The average molecular weight is 702 g/mol. The van der Waals surface area contributed by atoms with Gasteiger partial charge in [-0.25, -0.2) is 0 Å². The Morgan fingerprint density at radius 2 is 1.49 bits per heavy atom. The standard InChI is InChI=1S/C52H63N/c1-51(2)45-23-12-11-22-44(45)50-48(51)26-15-27-49(50)53(40-32-28-37(29-33-40)36-16-5-3-6-17-36)41-34-30-39(31-35-41)52(38-18-7-4-8-19-38)46-24-13-9-20-42(46)43-21-10-14-25-47(43)52/h3-5,7-9,12,14-15,18-20,23,25,27,30-32,34,36-37,41-43,46-50H,6,10-11,13,16-17,21-22,24,26,28-29,33,35H2,1-2H3. The fraction of sp³-hybridized carbons (Fsp3) is 0.538. The summed E-state index contributed by atoms with van der Waals surface area (Å²) in [5, 5.41) is 0. The predicted molar refractivity (Wildman–Crippen MR) is 222 cm³/mol. The Labute approximate surface area is 321 Å². The lowest BCUT2D eigenvalue weighted by Crippen LogP contribution is -2.49. The third-order valence-corrected chi connectivity index (χ3v) is 16.5. The second kappa shape index (κ2) is 13.8. The molecule has 1 aromatic carbocycles. The summed E-state index contributed by atoms with van der Waals surface area (Å²) in [5.74, 6) is 5.68. The molecule has 11 unspecified atom stereocenters. The van der Waals surface area contributed by atoms with Gasteiger partial charge in [0.25, 0.3) is 0 Å². The summed E-state index contributed by atoms with van der Waals surface area (Å²) in [5.41, 5.74) is 8.59. The summed E-state index contributed by atoms with van der Waals surface area (Å²) in [6.45, 7) is 5.13. The Kier molecular flexibility index (Phi) is 8.88. The first-order valence-corrected chi connectivity index (χ1v) is 22.0. The molecule has 1 saturated carbocycles. The molecule has 10 rings (SSSR count). The van der Waals surface area contributed by atoms with Crippen molar-refractivity contribution in [2.45, 2.75) is 121 Å². The van der Waals surface area contributed by atoms with Crippen LogP contribution in [0.1, 0.15) is 109 Å². The van der Waals surface area contributed by atoms with E-state index in [1.165, 1.54) is 83.5 Å². The van der Waals surface area contributed by atoms with Gasteiger partial charge in [0.05, 0.1) is 12.1 Å². The van der Waals surface area contributed by atoms with Crippen molar-refractivity contribution in [2.24, 2.45) is 52.8 Å². The third kappa shape index (κ3) is 5.44. The number of hydrogen-bond donors (Lipinski definition) is 0. The molecule has 0 aliphatic heterocycles. The molecular formula is C52H63N. The Morgan fingerprint density at radius 3 is 2.30 bits per heavy atom.